The van der Waals surface area contributed by atoms with Gasteiger partial charge in [-0.05, 0) is 86.8 Å². The molecule has 4 heterocycles. The van der Waals surface area contributed by atoms with Crippen molar-refractivity contribution in [3.8, 4) is 22.6 Å². The average molecular weight is 423 g/mol. The zero-order valence-corrected chi connectivity index (χ0v) is 18.4. The smallest absolute Gasteiger partial charge is 0.159 e. The second kappa shape index (κ2) is 7.57. The summed E-state index contributed by atoms with van der Waals surface area (Å²) in [6.07, 6.45) is 6.06. The number of aromatic nitrogens is 5. The van der Waals surface area contributed by atoms with E-state index in [-0.39, 0.29) is 0 Å². The van der Waals surface area contributed by atoms with Gasteiger partial charge in [-0.1, -0.05) is 18.2 Å². The topological polar surface area (TPSA) is 73.5 Å². The Balaban J connectivity index is 1.46. The van der Waals surface area contributed by atoms with Crippen LogP contribution in [0.25, 0.3) is 44.6 Å². The molecule has 6 rings (SSSR count). The van der Waals surface area contributed by atoms with E-state index in [1.165, 1.54) is 24.0 Å². The second-order valence-electron chi connectivity index (χ2n) is 8.93. The summed E-state index contributed by atoms with van der Waals surface area (Å²) in [6, 6.07) is 14.9. The van der Waals surface area contributed by atoms with Crippen LogP contribution in [-0.2, 0) is 0 Å². The minimum Gasteiger partial charge on any atom is -0.337 e. The molecule has 0 aliphatic carbocycles. The van der Waals surface area contributed by atoms with Crippen LogP contribution < -0.4 is 0 Å². The molecular weight excluding hydrogens is 396 g/mol. The van der Waals surface area contributed by atoms with Gasteiger partial charge in [-0.25, -0.2) is 4.98 Å². The molecule has 3 aromatic heterocycles. The Bertz CT molecular complexity index is 1410. The van der Waals surface area contributed by atoms with Gasteiger partial charge in [0.05, 0.1) is 16.6 Å². The number of rotatable bonds is 3. The third-order valence-corrected chi connectivity index (χ3v) is 6.81. The van der Waals surface area contributed by atoms with Crippen molar-refractivity contribution in [3.05, 3.63) is 66.0 Å². The Morgan fingerprint density at radius 2 is 1.91 bits per heavy atom. The zero-order chi connectivity index (χ0) is 21.7. The normalized spacial score (nSPS) is 15.7. The first-order valence-electron chi connectivity index (χ1n) is 11.2. The maximum atomic E-state index is 5.06. The van der Waals surface area contributed by atoms with Gasteiger partial charge in [-0.15, -0.1) is 0 Å². The summed E-state index contributed by atoms with van der Waals surface area (Å²) in [5, 5.41) is 8.91. The number of imidazole rings is 1. The molecule has 1 aliphatic heterocycles. The largest absolute Gasteiger partial charge is 0.337 e. The van der Waals surface area contributed by atoms with Gasteiger partial charge in [0.2, 0.25) is 0 Å². The molecule has 0 bridgehead atoms. The van der Waals surface area contributed by atoms with Crippen molar-refractivity contribution in [3.63, 3.8) is 0 Å². The van der Waals surface area contributed by atoms with E-state index in [4.69, 9.17) is 4.98 Å². The monoisotopic (exact) mass is 422 g/mol. The highest BCUT2D eigenvalue weighted by atomic mass is 15.1. The Morgan fingerprint density at radius 1 is 1.03 bits per heavy atom. The highest BCUT2D eigenvalue weighted by Gasteiger charge is 2.22. The fourth-order valence-corrected chi connectivity index (χ4v) is 5.00. The van der Waals surface area contributed by atoms with Crippen LogP contribution in [0.15, 0.2) is 54.9 Å². The van der Waals surface area contributed by atoms with Gasteiger partial charge < -0.3 is 9.88 Å². The lowest BCUT2D eigenvalue weighted by atomic mass is 9.89. The lowest BCUT2D eigenvalue weighted by molar-refractivity contribution is 0.256. The summed E-state index contributed by atoms with van der Waals surface area (Å²) in [7, 11) is 2.20. The minimum absolute atomic E-state index is 0.557. The van der Waals surface area contributed by atoms with E-state index < -0.39 is 0 Å². The molecule has 0 amide bonds. The van der Waals surface area contributed by atoms with Crippen LogP contribution in [0.3, 0.4) is 0 Å². The number of H-pyrrole nitrogens is 2. The highest BCUT2D eigenvalue weighted by Crippen LogP contribution is 2.35. The number of fused-ring (bicyclic) bond motifs is 2. The first kappa shape index (κ1) is 19.2. The molecule has 0 unspecified atom stereocenters. The SMILES string of the molecule is Cc1cc2[nH]nc(-c3nc4c(C5CCN(C)CC5)cccc4[nH]3)c2cc1-c1cccnc1. The molecule has 1 aliphatic rings. The van der Waals surface area contributed by atoms with Crippen LogP contribution in [0.5, 0.6) is 0 Å². The maximum absolute atomic E-state index is 5.06. The average Bonchev–Trinajstić information content (AvgIpc) is 3.43. The first-order chi connectivity index (χ1) is 15.7. The fraction of sp³-hybridized carbons (Fsp3) is 0.269. The van der Waals surface area contributed by atoms with E-state index in [0.717, 1.165) is 57.7 Å². The molecule has 2 aromatic carbocycles. The lowest BCUT2D eigenvalue weighted by Crippen LogP contribution is -2.29. The van der Waals surface area contributed by atoms with Crippen molar-refractivity contribution in [2.75, 3.05) is 20.1 Å². The Morgan fingerprint density at radius 3 is 2.72 bits per heavy atom. The second-order valence-corrected chi connectivity index (χ2v) is 8.93. The summed E-state index contributed by atoms with van der Waals surface area (Å²) >= 11 is 0. The van der Waals surface area contributed by atoms with Crippen molar-refractivity contribution >= 4 is 21.9 Å². The van der Waals surface area contributed by atoms with Crippen LogP contribution in [0, 0.1) is 6.92 Å². The standard InChI is InChI=1S/C26H26N6/c1-16-13-23-21(14-20(16)18-5-4-10-27-15-18)25(31-30-23)26-28-22-7-3-6-19(24(22)29-26)17-8-11-32(2)12-9-17/h3-7,10,13-15,17H,8-9,11-12H2,1-2H3,(H,28,29)(H,30,31). The van der Waals surface area contributed by atoms with Gasteiger partial charge in [0.15, 0.2) is 5.82 Å². The summed E-state index contributed by atoms with van der Waals surface area (Å²) in [5.41, 5.74) is 8.83. The number of nitrogens with one attached hydrogen (secondary N) is 2. The number of pyridine rings is 1. The van der Waals surface area contributed by atoms with E-state index in [1.807, 2.05) is 12.3 Å². The number of likely N-dealkylation sites (tertiary alicyclic amines) is 1. The van der Waals surface area contributed by atoms with E-state index in [9.17, 15) is 0 Å². The van der Waals surface area contributed by atoms with Gasteiger partial charge in [0.1, 0.15) is 5.69 Å². The van der Waals surface area contributed by atoms with Gasteiger partial charge in [-0.3, -0.25) is 10.1 Å². The molecule has 32 heavy (non-hydrogen) atoms. The van der Waals surface area contributed by atoms with Crippen molar-refractivity contribution in [2.24, 2.45) is 0 Å². The molecular formula is C26H26N6. The third-order valence-electron chi connectivity index (χ3n) is 6.81. The van der Waals surface area contributed by atoms with Crippen LogP contribution in [0.1, 0.15) is 29.9 Å². The van der Waals surface area contributed by atoms with Crippen LogP contribution in [0.4, 0.5) is 0 Å². The van der Waals surface area contributed by atoms with Gasteiger partial charge in [-0.2, -0.15) is 5.10 Å². The molecule has 5 aromatic rings. The summed E-state index contributed by atoms with van der Waals surface area (Å²) in [6.45, 7) is 4.40. The Kier molecular flexibility index (Phi) is 4.54. The van der Waals surface area contributed by atoms with E-state index in [2.05, 4.69) is 75.4 Å². The fourth-order valence-electron chi connectivity index (χ4n) is 5.00. The molecule has 6 nitrogen and oxygen atoms in total. The molecule has 2 N–H and O–H groups in total. The van der Waals surface area contributed by atoms with Crippen molar-refractivity contribution < 1.29 is 0 Å². The lowest BCUT2D eigenvalue weighted by Gasteiger charge is -2.29. The number of hydrogen-bond donors (Lipinski definition) is 2. The van der Waals surface area contributed by atoms with E-state index in [0.29, 0.717) is 5.92 Å². The predicted molar refractivity (Wildman–Crippen MR) is 129 cm³/mol. The van der Waals surface area contributed by atoms with Gasteiger partial charge >= 0.3 is 0 Å². The van der Waals surface area contributed by atoms with Crippen LogP contribution in [0.2, 0.25) is 0 Å². The number of benzene rings is 2. The molecule has 1 fully saturated rings. The molecule has 0 radical (unpaired) electrons. The Labute approximate surface area is 186 Å². The number of nitrogens with zero attached hydrogens (tertiary/aromatic N) is 4. The summed E-state index contributed by atoms with van der Waals surface area (Å²) in [5.74, 6) is 1.37. The van der Waals surface area contributed by atoms with Gasteiger partial charge in [0.25, 0.3) is 0 Å². The number of hydrogen-bond acceptors (Lipinski definition) is 4. The number of aryl methyl sites for hydroxylation is 1. The van der Waals surface area contributed by atoms with E-state index >= 15 is 0 Å². The van der Waals surface area contributed by atoms with E-state index in [1.54, 1.807) is 6.20 Å². The van der Waals surface area contributed by atoms with Crippen LogP contribution >= 0.6 is 0 Å². The molecule has 0 saturated carbocycles. The number of piperidine rings is 1. The molecule has 6 heteroatoms. The summed E-state index contributed by atoms with van der Waals surface area (Å²) < 4.78 is 0. The van der Waals surface area contributed by atoms with Crippen molar-refractivity contribution in [1.82, 2.24) is 30.0 Å². The molecule has 160 valence electrons. The Hall–Kier alpha value is -3.51. The minimum atomic E-state index is 0.557. The van der Waals surface area contributed by atoms with Crippen molar-refractivity contribution in [2.45, 2.75) is 25.7 Å². The summed E-state index contributed by atoms with van der Waals surface area (Å²) in [4.78, 5) is 15.3. The highest BCUT2D eigenvalue weighted by molar-refractivity contribution is 5.96. The van der Waals surface area contributed by atoms with Gasteiger partial charge in [0, 0.05) is 23.3 Å². The molecule has 0 spiro atoms. The first-order valence-corrected chi connectivity index (χ1v) is 11.2. The number of para-hydroxylation sites is 1. The molecule has 1 saturated heterocycles. The zero-order valence-electron chi connectivity index (χ0n) is 18.4. The quantitative estimate of drug-likeness (QED) is 0.415. The number of aromatic amines is 2. The van der Waals surface area contributed by atoms with Crippen molar-refractivity contribution in [1.29, 1.82) is 0 Å². The maximum Gasteiger partial charge on any atom is 0.159 e. The molecule has 0 atom stereocenters. The van der Waals surface area contributed by atoms with Crippen LogP contribution in [-0.4, -0.2) is 50.2 Å². The predicted octanol–water partition coefficient (Wildman–Crippen LogP) is 5.29. The third kappa shape index (κ3) is 3.19.